The Bertz CT molecular complexity index is 1510. The highest BCUT2D eigenvalue weighted by Gasteiger charge is 2.53. The Labute approximate surface area is 211 Å². The Morgan fingerprint density at radius 3 is 2.38 bits per heavy atom. The van der Waals surface area contributed by atoms with Crippen LogP contribution in [0.25, 0.3) is 33.4 Å². The second kappa shape index (κ2) is 8.09. The Kier molecular flexibility index (Phi) is 5.44. The molecule has 0 spiro atoms. The van der Waals surface area contributed by atoms with E-state index in [2.05, 4.69) is 9.97 Å². The van der Waals surface area contributed by atoms with Crippen molar-refractivity contribution in [3.63, 3.8) is 0 Å². The number of alkyl halides is 3. The van der Waals surface area contributed by atoms with Crippen LogP contribution in [0.5, 0.6) is 0 Å². The summed E-state index contributed by atoms with van der Waals surface area (Å²) in [6.07, 6.45) is -1.98. The van der Waals surface area contributed by atoms with Gasteiger partial charge in [-0.1, -0.05) is 32.9 Å². The Morgan fingerprint density at radius 1 is 1.11 bits per heavy atom. The largest absolute Gasteiger partial charge is 0.465 e. The summed E-state index contributed by atoms with van der Waals surface area (Å²) in [7, 11) is 0. The molecule has 1 atom stereocenters. The lowest BCUT2D eigenvalue weighted by molar-refractivity contribution is -0.137. The number of aryl methyl sites for hydroxylation is 1. The van der Waals surface area contributed by atoms with E-state index in [1.54, 1.807) is 6.20 Å². The maximum Gasteiger partial charge on any atom is 0.416 e. The van der Waals surface area contributed by atoms with Gasteiger partial charge in [0.1, 0.15) is 11.3 Å². The molecule has 1 unspecified atom stereocenters. The lowest BCUT2D eigenvalue weighted by atomic mass is 9.69. The highest BCUT2D eigenvalue weighted by molar-refractivity contribution is 6.00. The predicted octanol–water partition coefficient (Wildman–Crippen LogP) is 6.68. The summed E-state index contributed by atoms with van der Waals surface area (Å²) in [5.74, 6) is 0. The van der Waals surface area contributed by atoms with Gasteiger partial charge in [0.25, 0.3) is 0 Å². The third-order valence-corrected chi connectivity index (χ3v) is 7.71. The molecule has 4 heterocycles. The Hall–Kier alpha value is -3.82. The molecule has 0 fully saturated rings. The molecular weight excluding hydrogens is 483 g/mol. The molecule has 0 saturated heterocycles. The molecule has 3 aromatic heterocycles. The molecule has 0 aliphatic carbocycles. The smallest absolute Gasteiger partial charge is 0.416 e. The van der Waals surface area contributed by atoms with E-state index in [0.29, 0.717) is 34.7 Å². The van der Waals surface area contributed by atoms with Gasteiger partial charge in [-0.15, -0.1) is 0 Å². The van der Waals surface area contributed by atoms with Gasteiger partial charge in [0.05, 0.1) is 23.3 Å². The maximum absolute atomic E-state index is 13.3. The van der Waals surface area contributed by atoms with Crippen LogP contribution in [0.15, 0.2) is 42.7 Å². The highest BCUT2D eigenvalue weighted by atomic mass is 19.4. The van der Waals surface area contributed by atoms with Crippen molar-refractivity contribution in [2.24, 2.45) is 5.41 Å². The van der Waals surface area contributed by atoms with Crippen molar-refractivity contribution < 1.29 is 23.1 Å². The van der Waals surface area contributed by atoms with Gasteiger partial charge in [-0.05, 0) is 48.6 Å². The third kappa shape index (κ3) is 3.69. The molecule has 4 aromatic rings. The van der Waals surface area contributed by atoms with E-state index in [9.17, 15) is 23.1 Å². The van der Waals surface area contributed by atoms with Crippen LogP contribution < -0.4 is 0 Å². The number of benzene rings is 1. The van der Waals surface area contributed by atoms with Crippen LogP contribution in [-0.2, 0) is 18.3 Å². The zero-order chi connectivity index (χ0) is 26.9. The van der Waals surface area contributed by atoms with Crippen LogP contribution >= 0.6 is 0 Å². The number of aromatic amines is 1. The van der Waals surface area contributed by atoms with Crippen LogP contribution in [0.4, 0.5) is 18.0 Å². The van der Waals surface area contributed by atoms with Gasteiger partial charge >= 0.3 is 12.3 Å². The van der Waals surface area contributed by atoms with Crippen LogP contribution in [0.2, 0.25) is 0 Å². The summed E-state index contributed by atoms with van der Waals surface area (Å²) >= 11 is 0. The summed E-state index contributed by atoms with van der Waals surface area (Å²) in [5, 5.41) is 16.0. The molecule has 1 aliphatic rings. The molecule has 0 saturated carbocycles. The maximum atomic E-state index is 13.3. The normalized spacial score (nSPS) is 18.3. The number of nitrogens with zero attached hydrogens (tertiary/aromatic N) is 4. The van der Waals surface area contributed by atoms with Crippen LogP contribution in [-0.4, -0.2) is 42.4 Å². The van der Waals surface area contributed by atoms with Crippen LogP contribution in [0.1, 0.15) is 44.5 Å². The van der Waals surface area contributed by atoms with Gasteiger partial charge < -0.3 is 10.1 Å². The number of aromatic nitrogens is 4. The number of hydrogen-bond donors (Lipinski definition) is 2. The average molecular weight is 512 g/mol. The lowest BCUT2D eigenvalue weighted by Crippen LogP contribution is -2.59. The van der Waals surface area contributed by atoms with Gasteiger partial charge in [-0.3, -0.25) is 9.58 Å². The number of carboxylic acid groups (broad SMARTS) is 1. The molecule has 0 radical (unpaired) electrons. The number of carbonyl (C=O) groups is 1. The number of hydrogen-bond acceptors (Lipinski definition) is 3. The van der Waals surface area contributed by atoms with Crippen molar-refractivity contribution in [3.05, 3.63) is 59.5 Å². The van der Waals surface area contributed by atoms with Crippen LogP contribution in [0, 0.1) is 12.3 Å². The minimum Gasteiger partial charge on any atom is -0.465 e. The highest BCUT2D eigenvalue weighted by Crippen LogP contribution is 2.52. The second-order valence-corrected chi connectivity index (χ2v) is 10.7. The van der Waals surface area contributed by atoms with E-state index in [-0.39, 0.29) is 6.54 Å². The third-order valence-electron chi connectivity index (χ3n) is 7.71. The average Bonchev–Trinajstić information content (AvgIpc) is 3.39. The molecule has 5 rings (SSSR count). The monoisotopic (exact) mass is 511 g/mol. The predicted molar refractivity (Wildman–Crippen MR) is 134 cm³/mol. The lowest BCUT2D eigenvalue weighted by Gasteiger charge is -2.51. The second-order valence-electron chi connectivity index (χ2n) is 10.7. The first-order chi connectivity index (χ1) is 17.2. The zero-order valence-electron chi connectivity index (χ0n) is 21.2. The molecule has 0 bridgehead atoms. The molecule has 37 heavy (non-hydrogen) atoms. The first-order valence-corrected chi connectivity index (χ1v) is 12.0. The van der Waals surface area contributed by atoms with E-state index in [1.165, 1.54) is 17.0 Å². The fraction of sp³-hybridized carbons (Fsp3) is 0.370. The number of halogens is 3. The van der Waals surface area contributed by atoms with E-state index in [4.69, 9.17) is 5.10 Å². The molecule has 1 aromatic carbocycles. The van der Waals surface area contributed by atoms with E-state index >= 15 is 0 Å². The number of fused-ring (bicyclic) bond motifs is 2. The fourth-order valence-electron chi connectivity index (χ4n) is 5.41. The molecule has 7 nitrogen and oxygen atoms in total. The van der Waals surface area contributed by atoms with Crippen molar-refractivity contribution in [2.45, 2.75) is 52.9 Å². The van der Waals surface area contributed by atoms with E-state index in [1.807, 2.05) is 51.6 Å². The van der Waals surface area contributed by atoms with Gasteiger partial charge in [0.15, 0.2) is 0 Å². The molecular formula is C27H28F3N5O2. The number of rotatable bonds is 2. The first kappa shape index (κ1) is 24.9. The van der Waals surface area contributed by atoms with Crippen molar-refractivity contribution in [1.82, 2.24) is 24.6 Å². The van der Waals surface area contributed by atoms with Crippen molar-refractivity contribution in [3.8, 4) is 22.4 Å². The minimum atomic E-state index is -4.46. The number of nitrogens with one attached hydrogen (secondary N) is 1. The van der Waals surface area contributed by atoms with Crippen molar-refractivity contribution >= 4 is 17.1 Å². The van der Waals surface area contributed by atoms with Gasteiger partial charge in [0, 0.05) is 35.5 Å². The van der Waals surface area contributed by atoms with Gasteiger partial charge in [-0.2, -0.15) is 18.3 Å². The van der Waals surface area contributed by atoms with Gasteiger partial charge in [0.2, 0.25) is 0 Å². The first-order valence-electron chi connectivity index (χ1n) is 12.0. The topological polar surface area (TPSA) is 87.0 Å². The Morgan fingerprint density at radius 2 is 1.78 bits per heavy atom. The summed E-state index contributed by atoms with van der Waals surface area (Å²) < 4.78 is 41.7. The SMILES string of the molecule is Cc1c[nH]c2nccc(-c3c(-c4ccc(C(F)(F)F)cc4)nn4c3C(C)(C(C)(C)C)N(C(=O)O)CC4)c12. The summed E-state index contributed by atoms with van der Waals surface area (Å²) in [6, 6.07) is 6.80. The van der Waals surface area contributed by atoms with Gasteiger partial charge in [-0.25, -0.2) is 9.78 Å². The minimum absolute atomic E-state index is 0.235. The number of H-pyrrole nitrogens is 1. The molecule has 194 valence electrons. The Balaban J connectivity index is 1.89. The van der Waals surface area contributed by atoms with E-state index in [0.717, 1.165) is 28.6 Å². The molecule has 2 N–H and O–H groups in total. The molecule has 10 heteroatoms. The number of pyridine rings is 1. The quantitative estimate of drug-likeness (QED) is 0.314. The zero-order valence-corrected chi connectivity index (χ0v) is 21.2. The standard InChI is InChI=1S/C27H28F3N5O2/c1-15-14-32-23-19(15)18(10-11-31-23)20-21(16-6-8-17(9-7-16)27(28,29)30)33-35-13-12-34(24(36)37)26(5,22(20)35)25(2,3)4/h6-11,14H,12-13H2,1-5H3,(H,31,32)(H,36,37). The fourth-order valence-corrected chi connectivity index (χ4v) is 5.41. The van der Waals surface area contributed by atoms with Crippen molar-refractivity contribution in [1.29, 1.82) is 0 Å². The number of amides is 1. The molecule has 1 aliphatic heterocycles. The van der Waals surface area contributed by atoms with E-state index < -0.39 is 28.8 Å². The van der Waals surface area contributed by atoms with Crippen molar-refractivity contribution in [2.75, 3.05) is 6.54 Å². The van der Waals surface area contributed by atoms with Crippen LogP contribution in [0.3, 0.4) is 0 Å². The summed E-state index contributed by atoms with van der Waals surface area (Å²) in [5.41, 5.74) is 2.53. The summed E-state index contributed by atoms with van der Waals surface area (Å²) in [6.45, 7) is 10.4. The summed E-state index contributed by atoms with van der Waals surface area (Å²) in [4.78, 5) is 21.5. The molecule has 1 amide bonds.